The molecule has 1 amide bonds. The van der Waals surface area contributed by atoms with Crippen LogP contribution in [0.4, 0.5) is 0 Å². The topological polar surface area (TPSA) is 60.1 Å². The van der Waals surface area contributed by atoms with Crippen molar-refractivity contribution in [2.75, 3.05) is 0 Å². The molecular weight excluding hydrogens is 254 g/mol. The maximum Gasteiger partial charge on any atom is 0.253 e. The molecule has 1 N–H and O–H groups in total. The largest absolute Gasteiger partial charge is 0.467 e. The average Bonchev–Trinajstić information content (AvgIpc) is 3.18. The quantitative estimate of drug-likeness (QED) is 0.789. The zero-order valence-electron chi connectivity index (χ0n) is 10.7. The second-order valence-corrected chi connectivity index (χ2v) is 4.23. The highest BCUT2D eigenvalue weighted by molar-refractivity contribution is 5.97. The highest BCUT2D eigenvalue weighted by Crippen LogP contribution is 2.13. The minimum Gasteiger partial charge on any atom is -0.467 e. The van der Waals surface area contributed by atoms with Gasteiger partial charge in [-0.25, -0.2) is 4.68 Å². The predicted octanol–water partition coefficient (Wildman–Crippen LogP) is 2.40. The Hall–Kier alpha value is -2.82. The number of nitrogens with zero attached hydrogens (tertiary/aromatic N) is 2. The van der Waals surface area contributed by atoms with Gasteiger partial charge in [-0.15, -0.1) is 0 Å². The van der Waals surface area contributed by atoms with Gasteiger partial charge in [-0.05, 0) is 30.3 Å². The monoisotopic (exact) mass is 267 g/mol. The normalized spacial score (nSPS) is 10.4. The summed E-state index contributed by atoms with van der Waals surface area (Å²) in [5.74, 6) is 0.558. The van der Waals surface area contributed by atoms with Crippen LogP contribution in [0.2, 0.25) is 0 Å². The molecule has 5 heteroatoms. The maximum absolute atomic E-state index is 12.3. The lowest BCUT2D eigenvalue weighted by molar-refractivity contribution is 0.0948. The summed E-state index contributed by atoms with van der Waals surface area (Å²) in [6.45, 7) is 0.360. The van der Waals surface area contributed by atoms with E-state index in [-0.39, 0.29) is 5.91 Å². The van der Waals surface area contributed by atoms with Crippen molar-refractivity contribution in [1.29, 1.82) is 0 Å². The number of aromatic nitrogens is 2. The first-order valence-electron chi connectivity index (χ1n) is 6.24. The van der Waals surface area contributed by atoms with Crippen LogP contribution in [-0.2, 0) is 6.54 Å². The predicted molar refractivity (Wildman–Crippen MR) is 73.4 cm³/mol. The molecule has 0 bridgehead atoms. The van der Waals surface area contributed by atoms with E-state index in [1.54, 1.807) is 35.5 Å². The van der Waals surface area contributed by atoms with Gasteiger partial charge in [0.25, 0.3) is 5.91 Å². The number of benzene rings is 1. The molecule has 0 radical (unpaired) electrons. The molecule has 0 unspecified atom stereocenters. The fourth-order valence-corrected chi connectivity index (χ4v) is 1.95. The van der Waals surface area contributed by atoms with Gasteiger partial charge in [0.15, 0.2) is 0 Å². The lowest BCUT2D eigenvalue weighted by Crippen LogP contribution is -2.24. The lowest BCUT2D eigenvalue weighted by atomic mass is 10.1. The summed E-state index contributed by atoms with van der Waals surface area (Å²) in [5, 5.41) is 6.99. The van der Waals surface area contributed by atoms with Gasteiger partial charge < -0.3 is 9.73 Å². The van der Waals surface area contributed by atoms with E-state index in [0.29, 0.717) is 12.1 Å². The molecule has 100 valence electrons. The van der Waals surface area contributed by atoms with Crippen LogP contribution in [-0.4, -0.2) is 15.7 Å². The van der Waals surface area contributed by atoms with Crippen LogP contribution in [0.5, 0.6) is 0 Å². The SMILES string of the molecule is O=C(NCc1ccco1)c1ccccc1-n1cccn1. The molecule has 1 aromatic carbocycles. The third kappa shape index (κ3) is 2.47. The molecule has 3 rings (SSSR count). The summed E-state index contributed by atoms with van der Waals surface area (Å²) < 4.78 is 6.86. The van der Waals surface area contributed by atoms with Gasteiger partial charge in [0.1, 0.15) is 5.76 Å². The van der Waals surface area contributed by atoms with E-state index >= 15 is 0 Å². The van der Waals surface area contributed by atoms with Crippen molar-refractivity contribution in [3.05, 3.63) is 72.4 Å². The molecule has 0 saturated carbocycles. The number of carbonyl (C=O) groups excluding carboxylic acids is 1. The van der Waals surface area contributed by atoms with Gasteiger partial charge in [-0.3, -0.25) is 4.79 Å². The molecule has 0 spiro atoms. The van der Waals surface area contributed by atoms with Crippen molar-refractivity contribution in [2.45, 2.75) is 6.54 Å². The molecule has 20 heavy (non-hydrogen) atoms. The molecule has 5 nitrogen and oxygen atoms in total. The number of carbonyl (C=O) groups is 1. The fraction of sp³-hybridized carbons (Fsp3) is 0.0667. The summed E-state index contributed by atoms with van der Waals surface area (Å²) in [6.07, 6.45) is 5.06. The second kappa shape index (κ2) is 5.44. The van der Waals surface area contributed by atoms with Crippen LogP contribution >= 0.6 is 0 Å². The number of hydrogen-bond donors (Lipinski definition) is 1. The Morgan fingerprint density at radius 3 is 2.85 bits per heavy atom. The number of hydrogen-bond acceptors (Lipinski definition) is 3. The molecule has 0 aliphatic rings. The van der Waals surface area contributed by atoms with E-state index in [1.165, 1.54) is 0 Å². The van der Waals surface area contributed by atoms with E-state index in [0.717, 1.165) is 11.4 Å². The Bertz CT molecular complexity index is 688. The molecule has 2 aromatic heterocycles. The van der Waals surface area contributed by atoms with Gasteiger partial charge in [0.2, 0.25) is 0 Å². The third-order valence-electron chi connectivity index (χ3n) is 2.90. The molecule has 3 aromatic rings. The first-order valence-corrected chi connectivity index (χ1v) is 6.24. The molecule has 0 atom stereocenters. The first kappa shape index (κ1) is 12.2. The van der Waals surface area contributed by atoms with Crippen LogP contribution in [0.25, 0.3) is 5.69 Å². The van der Waals surface area contributed by atoms with Crippen molar-refractivity contribution >= 4 is 5.91 Å². The van der Waals surface area contributed by atoms with Crippen molar-refractivity contribution in [3.63, 3.8) is 0 Å². The maximum atomic E-state index is 12.3. The second-order valence-electron chi connectivity index (χ2n) is 4.23. The Morgan fingerprint density at radius 2 is 2.10 bits per heavy atom. The summed E-state index contributed by atoms with van der Waals surface area (Å²) in [4.78, 5) is 12.3. The average molecular weight is 267 g/mol. The Balaban J connectivity index is 1.81. The highest BCUT2D eigenvalue weighted by Gasteiger charge is 2.12. The van der Waals surface area contributed by atoms with E-state index in [1.807, 2.05) is 30.3 Å². The first-order chi connectivity index (χ1) is 9.84. The van der Waals surface area contributed by atoms with Crippen molar-refractivity contribution < 1.29 is 9.21 Å². The molecule has 0 fully saturated rings. The Labute approximate surface area is 115 Å². The number of amides is 1. The minimum absolute atomic E-state index is 0.160. The standard InChI is InChI=1S/C15H13N3O2/c19-15(16-11-12-5-3-10-20-12)13-6-1-2-7-14(13)18-9-4-8-17-18/h1-10H,11H2,(H,16,19). The van der Waals surface area contributed by atoms with E-state index in [2.05, 4.69) is 10.4 Å². The van der Waals surface area contributed by atoms with Crippen LogP contribution in [0.1, 0.15) is 16.1 Å². The number of nitrogens with one attached hydrogen (secondary N) is 1. The van der Waals surface area contributed by atoms with Gasteiger partial charge in [0, 0.05) is 12.4 Å². The lowest BCUT2D eigenvalue weighted by Gasteiger charge is -2.09. The van der Waals surface area contributed by atoms with Gasteiger partial charge in [0.05, 0.1) is 24.1 Å². The Morgan fingerprint density at radius 1 is 1.20 bits per heavy atom. The van der Waals surface area contributed by atoms with Gasteiger partial charge >= 0.3 is 0 Å². The molecular formula is C15H13N3O2. The summed E-state index contributed by atoms with van der Waals surface area (Å²) in [7, 11) is 0. The van der Waals surface area contributed by atoms with Gasteiger partial charge in [-0.2, -0.15) is 5.10 Å². The van der Waals surface area contributed by atoms with Crippen LogP contribution in [0, 0.1) is 0 Å². The molecule has 0 aliphatic heterocycles. The van der Waals surface area contributed by atoms with E-state index in [9.17, 15) is 4.79 Å². The smallest absolute Gasteiger partial charge is 0.253 e. The third-order valence-corrected chi connectivity index (χ3v) is 2.90. The minimum atomic E-state index is -0.160. The fourth-order valence-electron chi connectivity index (χ4n) is 1.95. The molecule has 2 heterocycles. The summed E-state index contributed by atoms with van der Waals surface area (Å²) in [6, 6.07) is 12.8. The van der Waals surface area contributed by atoms with E-state index in [4.69, 9.17) is 4.42 Å². The van der Waals surface area contributed by atoms with Gasteiger partial charge in [-0.1, -0.05) is 12.1 Å². The number of rotatable bonds is 4. The van der Waals surface area contributed by atoms with E-state index < -0.39 is 0 Å². The van der Waals surface area contributed by atoms with Crippen LogP contribution in [0.3, 0.4) is 0 Å². The summed E-state index contributed by atoms with van der Waals surface area (Å²) in [5.41, 5.74) is 1.32. The van der Waals surface area contributed by atoms with Crippen LogP contribution in [0.15, 0.2) is 65.5 Å². The van der Waals surface area contributed by atoms with Crippen molar-refractivity contribution in [3.8, 4) is 5.69 Å². The zero-order chi connectivity index (χ0) is 13.8. The van der Waals surface area contributed by atoms with Crippen molar-refractivity contribution in [2.24, 2.45) is 0 Å². The molecule has 0 aliphatic carbocycles. The number of furan rings is 1. The summed E-state index contributed by atoms with van der Waals surface area (Å²) >= 11 is 0. The van der Waals surface area contributed by atoms with Crippen molar-refractivity contribution in [1.82, 2.24) is 15.1 Å². The number of para-hydroxylation sites is 1. The molecule has 0 saturated heterocycles. The zero-order valence-corrected chi connectivity index (χ0v) is 10.7. The Kier molecular flexibility index (Phi) is 3.33. The van der Waals surface area contributed by atoms with Crippen LogP contribution < -0.4 is 5.32 Å². The highest BCUT2D eigenvalue weighted by atomic mass is 16.3.